The van der Waals surface area contributed by atoms with Crippen LogP contribution in [0.5, 0.6) is 0 Å². The van der Waals surface area contributed by atoms with E-state index in [1.54, 1.807) is 0 Å². The minimum absolute atomic E-state index is 0.00220. The third-order valence-corrected chi connectivity index (χ3v) is 5.42. The van der Waals surface area contributed by atoms with Gasteiger partial charge in [-0.05, 0) is 25.8 Å². The van der Waals surface area contributed by atoms with Crippen molar-refractivity contribution in [1.29, 1.82) is 0 Å². The number of methoxy groups -OCH3 is 1. The van der Waals surface area contributed by atoms with Crippen LogP contribution in [0.4, 0.5) is 0 Å². The van der Waals surface area contributed by atoms with Gasteiger partial charge in [0.1, 0.15) is 0 Å². The van der Waals surface area contributed by atoms with Gasteiger partial charge in [0.05, 0.1) is 18.4 Å². The van der Waals surface area contributed by atoms with E-state index in [1.165, 1.54) is 7.11 Å². The van der Waals surface area contributed by atoms with Gasteiger partial charge in [-0.3, -0.25) is 9.69 Å². The average Bonchev–Trinajstić information content (AvgIpc) is 2.37. The minimum Gasteiger partial charge on any atom is -0.480 e. The first-order chi connectivity index (χ1) is 9.81. The lowest BCUT2D eigenvalue weighted by atomic mass is 9.86. The Labute approximate surface area is 126 Å². The van der Waals surface area contributed by atoms with Crippen LogP contribution in [0.3, 0.4) is 0 Å². The highest BCUT2D eigenvalue weighted by Gasteiger charge is 2.36. The van der Waals surface area contributed by atoms with Crippen LogP contribution in [0.15, 0.2) is 0 Å². The van der Waals surface area contributed by atoms with E-state index in [0.29, 0.717) is 25.8 Å². The zero-order valence-electron chi connectivity index (χ0n) is 12.9. The number of ether oxygens (including phenoxy) is 1. The smallest absolute Gasteiger partial charge is 0.317 e. The van der Waals surface area contributed by atoms with Crippen molar-refractivity contribution in [1.82, 2.24) is 9.62 Å². The van der Waals surface area contributed by atoms with E-state index < -0.39 is 16.0 Å². The molecule has 1 atom stereocenters. The van der Waals surface area contributed by atoms with Gasteiger partial charge in [0, 0.05) is 19.2 Å². The maximum absolute atomic E-state index is 12.0. The van der Waals surface area contributed by atoms with Crippen molar-refractivity contribution in [2.24, 2.45) is 0 Å². The van der Waals surface area contributed by atoms with Crippen molar-refractivity contribution in [2.75, 3.05) is 26.0 Å². The number of likely N-dealkylation sites (N-methyl/N-ethyl adjacent to an activating group) is 1. The van der Waals surface area contributed by atoms with Gasteiger partial charge < -0.3 is 9.84 Å². The van der Waals surface area contributed by atoms with Crippen molar-refractivity contribution >= 4 is 16.0 Å². The lowest BCUT2D eigenvalue weighted by Gasteiger charge is -2.42. The predicted molar refractivity (Wildman–Crippen MR) is 79.7 cm³/mol. The second kappa shape index (κ2) is 8.07. The molecule has 0 saturated heterocycles. The van der Waals surface area contributed by atoms with Crippen LogP contribution in [-0.4, -0.2) is 68.5 Å². The fourth-order valence-corrected chi connectivity index (χ4v) is 4.21. The second-order valence-corrected chi connectivity index (χ2v) is 7.24. The van der Waals surface area contributed by atoms with Gasteiger partial charge in [0.15, 0.2) is 0 Å². The summed E-state index contributed by atoms with van der Waals surface area (Å²) in [6, 6.07) is 0.0420. The molecule has 0 aromatic carbocycles. The molecule has 0 amide bonds. The number of aliphatic carboxylic acids is 1. The van der Waals surface area contributed by atoms with E-state index in [2.05, 4.69) is 4.72 Å². The van der Waals surface area contributed by atoms with Gasteiger partial charge in [-0.25, -0.2) is 13.1 Å². The Morgan fingerprint density at radius 2 is 2.05 bits per heavy atom. The van der Waals surface area contributed by atoms with Crippen LogP contribution in [0.25, 0.3) is 0 Å². The fourth-order valence-electron chi connectivity index (χ4n) is 2.55. The van der Waals surface area contributed by atoms with E-state index in [9.17, 15) is 13.2 Å². The van der Waals surface area contributed by atoms with Gasteiger partial charge in [-0.15, -0.1) is 0 Å². The van der Waals surface area contributed by atoms with Gasteiger partial charge in [0.2, 0.25) is 10.0 Å². The molecular weight excluding hydrogens is 296 g/mol. The zero-order valence-corrected chi connectivity index (χ0v) is 13.7. The molecule has 7 nitrogen and oxygen atoms in total. The van der Waals surface area contributed by atoms with Crippen LogP contribution in [0.2, 0.25) is 0 Å². The summed E-state index contributed by atoms with van der Waals surface area (Å²) in [6.07, 6.45) is 1.67. The standard InChI is InChI=1S/C13H26N2O5S/c1-4-12(20-3)9-21(18,19)14-10-6-11(7-10)15(5-2)8-13(16)17/h10-12,14H,4-9H2,1-3H3,(H,16,17). The summed E-state index contributed by atoms with van der Waals surface area (Å²) in [7, 11) is -1.85. The SMILES string of the molecule is CCC(CS(=O)(=O)NC1CC(N(CC)CC(=O)O)C1)OC. The quantitative estimate of drug-likeness (QED) is 0.599. The van der Waals surface area contributed by atoms with Crippen molar-refractivity contribution in [3.8, 4) is 0 Å². The topological polar surface area (TPSA) is 95.9 Å². The van der Waals surface area contributed by atoms with E-state index in [1.807, 2.05) is 18.7 Å². The number of hydrogen-bond donors (Lipinski definition) is 2. The third kappa shape index (κ3) is 5.90. The van der Waals surface area contributed by atoms with E-state index >= 15 is 0 Å². The lowest BCUT2D eigenvalue weighted by molar-refractivity contribution is -0.139. The molecule has 0 bridgehead atoms. The van der Waals surface area contributed by atoms with Crippen molar-refractivity contribution in [2.45, 2.75) is 51.3 Å². The number of sulfonamides is 1. The van der Waals surface area contributed by atoms with Gasteiger partial charge in [-0.1, -0.05) is 13.8 Å². The molecule has 1 unspecified atom stereocenters. The Hall–Kier alpha value is -0.700. The molecule has 1 rings (SSSR count). The number of nitrogens with zero attached hydrogens (tertiary/aromatic N) is 1. The normalized spacial score (nSPS) is 23.8. The summed E-state index contributed by atoms with van der Waals surface area (Å²) < 4.78 is 31.7. The Balaban J connectivity index is 2.41. The van der Waals surface area contributed by atoms with Gasteiger partial charge >= 0.3 is 5.97 Å². The molecular formula is C13H26N2O5S. The number of hydrogen-bond acceptors (Lipinski definition) is 5. The molecule has 0 aromatic rings. The number of carbonyl (C=O) groups is 1. The highest BCUT2D eigenvalue weighted by molar-refractivity contribution is 7.89. The first-order valence-electron chi connectivity index (χ1n) is 7.29. The van der Waals surface area contributed by atoms with Gasteiger partial charge in [-0.2, -0.15) is 0 Å². The first kappa shape index (κ1) is 18.3. The molecule has 1 aliphatic rings. The lowest BCUT2D eigenvalue weighted by Crippen LogP contribution is -2.55. The van der Waals surface area contributed by atoms with Gasteiger partial charge in [0.25, 0.3) is 0 Å². The fraction of sp³-hybridized carbons (Fsp3) is 0.923. The Morgan fingerprint density at radius 1 is 1.43 bits per heavy atom. The van der Waals surface area contributed by atoms with Crippen LogP contribution < -0.4 is 4.72 Å². The minimum atomic E-state index is -3.35. The van der Waals surface area contributed by atoms with Crippen LogP contribution in [0, 0.1) is 0 Å². The van der Waals surface area contributed by atoms with Crippen molar-refractivity contribution in [3.05, 3.63) is 0 Å². The Bertz CT molecular complexity index is 430. The van der Waals surface area contributed by atoms with E-state index in [0.717, 1.165) is 0 Å². The molecule has 0 radical (unpaired) electrons. The van der Waals surface area contributed by atoms with Crippen molar-refractivity contribution in [3.63, 3.8) is 0 Å². The largest absolute Gasteiger partial charge is 0.480 e. The number of carboxylic acids is 1. The van der Waals surface area contributed by atoms with Crippen molar-refractivity contribution < 1.29 is 23.1 Å². The molecule has 0 aromatic heterocycles. The summed E-state index contributed by atoms with van der Waals surface area (Å²) in [6.45, 7) is 4.44. The summed E-state index contributed by atoms with van der Waals surface area (Å²) in [5.74, 6) is -0.889. The molecule has 1 fully saturated rings. The highest BCUT2D eigenvalue weighted by Crippen LogP contribution is 2.26. The van der Waals surface area contributed by atoms with Crippen LogP contribution >= 0.6 is 0 Å². The molecule has 1 saturated carbocycles. The van der Waals surface area contributed by atoms with E-state index in [4.69, 9.17) is 9.84 Å². The molecule has 124 valence electrons. The first-order valence-corrected chi connectivity index (χ1v) is 8.95. The maximum Gasteiger partial charge on any atom is 0.317 e. The second-order valence-electron chi connectivity index (χ2n) is 5.44. The summed E-state index contributed by atoms with van der Waals surface area (Å²) >= 11 is 0. The highest BCUT2D eigenvalue weighted by atomic mass is 32.2. The molecule has 21 heavy (non-hydrogen) atoms. The van der Waals surface area contributed by atoms with E-state index in [-0.39, 0.29) is 30.5 Å². The monoisotopic (exact) mass is 322 g/mol. The molecule has 0 spiro atoms. The Morgan fingerprint density at radius 3 is 2.48 bits per heavy atom. The molecule has 0 aliphatic heterocycles. The molecule has 1 aliphatic carbocycles. The third-order valence-electron chi connectivity index (χ3n) is 3.91. The number of rotatable bonds is 10. The zero-order chi connectivity index (χ0) is 16.0. The van der Waals surface area contributed by atoms with Crippen LogP contribution in [0.1, 0.15) is 33.1 Å². The maximum atomic E-state index is 12.0. The predicted octanol–water partition coefficient (Wildman–Crippen LogP) is 0.268. The Kier molecular flexibility index (Phi) is 7.05. The van der Waals surface area contributed by atoms with Crippen LogP contribution in [-0.2, 0) is 19.6 Å². The number of nitrogens with one attached hydrogen (secondary N) is 1. The summed E-state index contributed by atoms with van der Waals surface area (Å²) in [5, 5.41) is 8.82. The molecule has 2 N–H and O–H groups in total. The average molecular weight is 322 g/mol. The molecule has 0 heterocycles. The molecule has 8 heteroatoms. The number of carboxylic acid groups (broad SMARTS) is 1. The summed E-state index contributed by atoms with van der Waals surface area (Å²) in [5.41, 5.74) is 0. The summed E-state index contributed by atoms with van der Waals surface area (Å²) in [4.78, 5) is 12.6.